The molecule has 2 rings (SSSR count). The molecule has 0 saturated carbocycles. The summed E-state index contributed by atoms with van der Waals surface area (Å²) in [6.07, 6.45) is 0. The first-order valence-electron chi connectivity index (χ1n) is 7.15. The second kappa shape index (κ2) is 7.88. The topological polar surface area (TPSA) is 143 Å². The minimum Gasteiger partial charge on any atom is -0.494 e. The number of hydrogen-bond acceptors (Lipinski definition) is 8. The van der Waals surface area contributed by atoms with Crippen LogP contribution in [0.4, 0.5) is 11.4 Å². The maximum absolute atomic E-state index is 11.9. The van der Waals surface area contributed by atoms with Gasteiger partial charge in [-0.1, -0.05) is 0 Å². The first-order valence-corrected chi connectivity index (χ1v) is 7.15. The zero-order valence-corrected chi connectivity index (χ0v) is 13.8. The van der Waals surface area contributed by atoms with Crippen LogP contribution in [0.3, 0.4) is 0 Å². The lowest BCUT2D eigenvalue weighted by molar-refractivity contribution is -0.384. The number of esters is 1. The Labute approximate surface area is 146 Å². The Morgan fingerprint density at radius 2 is 2.04 bits per heavy atom. The standard InChI is InChI=1S/C15H14N4O7/c1-18-14(21)6-5-11(17-18)15(22)26-8-13(20)16-10-4-3-9(19(23)24)7-12(10)25-2/h3-7H,8H2,1-2H3,(H,16,20). The van der Waals surface area contributed by atoms with E-state index in [1.165, 1.54) is 32.4 Å². The Hall–Kier alpha value is -3.76. The fourth-order valence-corrected chi connectivity index (χ4v) is 1.90. The van der Waals surface area contributed by atoms with Gasteiger partial charge in [-0.3, -0.25) is 19.7 Å². The Balaban J connectivity index is 2.00. The molecule has 0 aliphatic heterocycles. The highest BCUT2D eigenvalue weighted by Crippen LogP contribution is 2.28. The fourth-order valence-electron chi connectivity index (χ4n) is 1.90. The lowest BCUT2D eigenvalue weighted by atomic mass is 10.2. The molecule has 1 N–H and O–H groups in total. The maximum atomic E-state index is 11.9. The van der Waals surface area contributed by atoms with Gasteiger partial charge in [0, 0.05) is 19.2 Å². The Morgan fingerprint density at radius 3 is 2.65 bits per heavy atom. The smallest absolute Gasteiger partial charge is 0.359 e. The van der Waals surface area contributed by atoms with Crippen LogP contribution in [-0.2, 0) is 16.6 Å². The van der Waals surface area contributed by atoms with E-state index in [0.29, 0.717) is 0 Å². The molecule has 0 fully saturated rings. The third kappa shape index (κ3) is 4.41. The number of nitrogens with one attached hydrogen (secondary N) is 1. The molecule has 0 radical (unpaired) electrons. The fraction of sp³-hybridized carbons (Fsp3) is 0.200. The van der Waals surface area contributed by atoms with E-state index in [-0.39, 0.29) is 22.8 Å². The van der Waals surface area contributed by atoms with E-state index in [1.54, 1.807) is 0 Å². The number of benzene rings is 1. The highest BCUT2D eigenvalue weighted by atomic mass is 16.6. The summed E-state index contributed by atoms with van der Waals surface area (Å²) in [5, 5.41) is 16.9. The molecular weight excluding hydrogens is 348 g/mol. The SMILES string of the molecule is COc1cc([N+](=O)[O-])ccc1NC(=O)COC(=O)c1ccc(=O)n(C)n1. The molecule has 0 spiro atoms. The Bertz CT molecular complexity index is 922. The first-order chi connectivity index (χ1) is 12.3. The molecule has 136 valence electrons. The molecule has 0 unspecified atom stereocenters. The van der Waals surface area contributed by atoms with E-state index in [1.807, 2.05) is 0 Å². The minimum absolute atomic E-state index is 0.0820. The van der Waals surface area contributed by atoms with Gasteiger partial charge in [0.15, 0.2) is 12.3 Å². The van der Waals surface area contributed by atoms with Crippen molar-refractivity contribution in [2.45, 2.75) is 0 Å². The van der Waals surface area contributed by atoms with Crippen molar-refractivity contribution in [1.82, 2.24) is 9.78 Å². The van der Waals surface area contributed by atoms with Gasteiger partial charge in [0.05, 0.1) is 23.8 Å². The summed E-state index contributed by atoms with van der Waals surface area (Å²) in [5.41, 5.74) is -0.552. The van der Waals surface area contributed by atoms with Crippen LogP contribution in [0.15, 0.2) is 35.1 Å². The van der Waals surface area contributed by atoms with Crippen molar-refractivity contribution >= 4 is 23.3 Å². The van der Waals surface area contributed by atoms with Gasteiger partial charge < -0.3 is 14.8 Å². The number of aromatic nitrogens is 2. The molecule has 1 heterocycles. The summed E-state index contributed by atoms with van der Waals surface area (Å²) in [5.74, 6) is -1.49. The number of carbonyl (C=O) groups is 2. The van der Waals surface area contributed by atoms with Crippen molar-refractivity contribution in [2.24, 2.45) is 7.05 Å². The maximum Gasteiger partial charge on any atom is 0.359 e. The molecule has 1 aromatic heterocycles. The number of nitrogens with zero attached hydrogens (tertiary/aromatic N) is 3. The number of anilines is 1. The average molecular weight is 362 g/mol. The summed E-state index contributed by atoms with van der Waals surface area (Å²) in [6, 6.07) is 5.97. The van der Waals surface area contributed by atoms with Crippen molar-refractivity contribution < 1.29 is 24.0 Å². The van der Waals surface area contributed by atoms with Crippen LogP contribution in [-0.4, -0.2) is 40.3 Å². The normalized spacial score (nSPS) is 10.1. The first kappa shape index (κ1) is 18.6. The number of hydrogen-bond donors (Lipinski definition) is 1. The molecule has 11 nitrogen and oxygen atoms in total. The van der Waals surface area contributed by atoms with E-state index in [2.05, 4.69) is 10.4 Å². The van der Waals surface area contributed by atoms with Crippen molar-refractivity contribution in [1.29, 1.82) is 0 Å². The molecule has 0 aliphatic rings. The lowest BCUT2D eigenvalue weighted by Crippen LogP contribution is -2.24. The van der Waals surface area contributed by atoms with Crippen LogP contribution in [0.5, 0.6) is 5.75 Å². The summed E-state index contributed by atoms with van der Waals surface area (Å²) in [4.78, 5) is 45.1. The van der Waals surface area contributed by atoms with E-state index in [0.717, 1.165) is 16.8 Å². The number of nitro benzene ring substituents is 1. The zero-order chi connectivity index (χ0) is 19.3. The van der Waals surface area contributed by atoms with Gasteiger partial charge in [0.25, 0.3) is 17.2 Å². The highest BCUT2D eigenvalue weighted by Gasteiger charge is 2.16. The van der Waals surface area contributed by atoms with Crippen LogP contribution in [0.25, 0.3) is 0 Å². The second-order valence-corrected chi connectivity index (χ2v) is 4.95. The molecule has 26 heavy (non-hydrogen) atoms. The highest BCUT2D eigenvalue weighted by molar-refractivity contribution is 5.95. The Kier molecular flexibility index (Phi) is 5.63. The minimum atomic E-state index is -0.883. The summed E-state index contributed by atoms with van der Waals surface area (Å²) < 4.78 is 10.8. The lowest BCUT2D eigenvalue weighted by Gasteiger charge is -2.10. The number of nitro groups is 1. The van der Waals surface area contributed by atoms with Crippen LogP contribution in [0.2, 0.25) is 0 Å². The van der Waals surface area contributed by atoms with Crippen LogP contribution in [0.1, 0.15) is 10.5 Å². The molecule has 1 aromatic carbocycles. The number of aryl methyl sites for hydroxylation is 1. The number of ether oxygens (including phenoxy) is 2. The summed E-state index contributed by atoms with van der Waals surface area (Å²) >= 11 is 0. The van der Waals surface area contributed by atoms with Crippen molar-refractivity contribution in [3.8, 4) is 5.75 Å². The third-order valence-corrected chi connectivity index (χ3v) is 3.17. The van der Waals surface area contributed by atoms with Gasteiger partial charge in [0.1, 0.15) is 5.75 Å². The largest absolute Gasteiger partial charge is 0.494 e. The van der Waals surface area contributed by atoms with Crippen molar-refractivity contribution in [3.63, 3.8) is 0 Å². The van der Waals surface area contributed by atoms with Gasteiger partial charge in [-0.25, -0.2) is 9.48 Å². The number of methoxy groups -OCH3 is 1. The molecule has 0 atom stereocenters. The number of carbonyl (C=O) groups excluding carboxylic acids is 2. The molecule has 0 aliphatic carbocycles. The van der Waals surface area contributed by atoms with Crippen LogP contribution >= 0.6 is 0 Å². The van der Waals surface area contributed by atoms with Crippen molar-refractivity contribution in [3.05, 3.63) is 56.5 Å². The molecule has 2 aromatic rings. The van der Waals surface area contributed by atoms with Crippen LogP contribution < -0.4 is 15.6 Å². The van der Waals surface area contributed by atoms with E-state index in [9.17, 15) is 24.5 Å². The number of amides is 1. The monoisotopic (exact) mass is 362 g/mol. The molecule has 11 heteroatoms. The van der Waals surface area contributed by atoms with Gasteiger partial charge in [-0.05, 0) is 12.1 Å². The molecule has 0 saturated heterocycles. The average Bonchev–Trinajstić information content (AvgIpc) is 2.62. The van der Waals surface area contributed by atoms with E-state index < -0.39 is 29.0 Å². The Morgan fingerprint density at radius 1 is 1.31 bits per heavy atom. The van der Waals surface area contributed by atoms with Gasteiger partial charge in [-0.15, -0.1) is 0 Å². The molecular formula is C15H14N4O7. The van der Waals surface area contributed by atoms with Crippen LogP contribution in [0, 0.1) is 10.1 Å². The molecule has 0 bridgehead atoms. The number of rotatable bonds is 6. The zero-order valence-electron chi connectivity index (χ0n) is 13.8. The summed E-state index contributed by atoms with van der Waals surface area (Å²) in [7, 11) is 2.66. The summed E-state index contributed by atoms with van der Waals surface area (Å²) in [6.45, 7) is -0.622. The van der Waals surface area contributed by atoms with E-state index in [4.69, 9.17) is 9.47 Å². The predicted molar refractivity (Wildman–Crippen MR) is 88.0 cm³/mol. The van der Waals surface area contributed by atoms with Gasteiger partial charge in [0.2, 0.25) is 0 Å². The molecule has 1 amide bonds. The predicted octanol–water partition coefficient (Wildman–Crippen LogP) is 0.493. The van der Waals surface area contributed by atoms with Crippen molar-refractivity contribution in [2.75, 3.05) is 19.0 Å². The van der Waals surface area contributed by atoms with Gasteiger partial charge in [-0.2, -0.15) is 5.10 Å². The third-order valence-electron chi connectivity index (χ3n) is 3.17. The second-order valence-electron chi connectivity index (χ2n) is 4.95. The van der Waals surface area contributed by atoms with Gasteiger partial charge >= 0.3 is 5.97 Å². The quantitative estimate of drug-likeness (QED) is 0.444. The number of non-ortho nitro benzene ring substituents is 1. The van der Waals surface area contributed by atoms with E-state index >= 15 is 0 Å².